The van der Waals surface area contributed by atoms with E-state index < -0.39 is 17.4 Å². The molecule has 0 saturated heterocycles. The Labute approximate surface area is 128 Å². The lowest BCUT2D eigenvalue weighted by Crippen LogP contribution is -2.51. The number of hydrogen-bond acceptors (Lipinski definition) is 4. The molecule has 0 aliphatic heterocycles. The van der Waals surface area contributed by atoms with Crippen LogP contribution in [-0.2, 0) is 4.79 Å². The Kier molecular flexibility index (Phi) is 3.99. The molecule has 0 radical (unpaired) electrons. The van der Waals surface area contributed by atoms with Crippen molar-refractivity contribution in [2.75, 3.05) is 7.05 Å². The molecule has 0 aliphatic carbocycles. The van der Waals surface area contributed by atoms with Gasteiger partial charge in [0.05, 0.1) is 11.4 Å². The van der Waals surface area contributed by atoms with Gasteiger partial charge in [0.25, 0.3) is 5.91 Å². The Hall–Kier alpha value is -2.70. The van der Waals surface area contributed by atoms with Crippen LogP contribution < -0.4 is 0 Å². The number of aromatic nitrogens is 3. The number of carbonyl (C=O) groups is 2. The molecule has 116 valence electrons. The number of benzene rings is 1. The molecular weight excluding hydrogens is 284 g/mol. The van der Waals surface area contributed by atoms with Gasteiger partial charge in [-0.1, -0.05) is 23.4 Å². The molecule has 1 heterocycles. The second-order valence-electron chi connectivity index (χ2n) is 5.50. The molecule has 0 saturated carbocycles. The van der Waals surface area contributed by atoms with Crippen molar-refractivity contribution in [3.63, 3.8) is 0 Å². The number of carbonyl (C=O) groups excluding carboxylic acids is 1. The van der Waals surface area contributed by atoms with Crippen molar-refractivity contribution in [3.05, 3.63) is 41.7 Å². The highest BCUT2D eigenvalue weighted by Gasteiger charge is 2.37. The Balaban J connectivity index is 2.37. The lowest BCUT2D eigenvalue weighted by atomic mass is 10.0. The third-order valence-corrected chi connectivity index (χ3v) is 3.76. The van der Waals surface area contributed by atoms with Gasteiger partial charge in [-0.2, -0.15) is 0 Å². The summed E-state index contributed by atoms with van der Waals surface area (Å²) in [7, 11) is 1.44. The predicted octanol–water partition coefficient (Wildman–Crippen LogP) is 1.51. The molecule has 0 spiro atoms. The zero-order chi connectivity index (χ0) is 16.5. The van der Waals surface area contributed by atoms with Gasteiger partial charge in [-0.15, -0.1) is 5.10 Å². The quantitative estimate of drug-likeness (QED) is 0.925. The zero-order valence-electron chi connectivity index (χ0n) is 12.9. The van der Waals surface area contributed by atoms with Crippen LogP contribution in [0.3, 0.4) is 0 Å². The van der Waals surface area contributed by atoms with Gasteiger partial charge in [0.2, 0.25) is 0 Å². The summed E-state index contributed by atoms with van der Waals surface area (Å²) in [5, 5.41) is 17.1. The molecule has 0 unspecified atom stereocenters. The maximum absolute atomic E-state index is 12.5. The van der Waals surface area contributed by atoms with E-state index >= 15 is 0 Å². The Morgan fingerprint density at radius 2 is 1.82 bits per heavy atom. The van der Waals surface area contributed by atoms with Crippen LogP contribution in [0.15, 0.2) is 30.3 Å². The summed E-state index contributed by atoms with van der Waals surface area (Å²) in [4.78, 5) is 24.9. The van der Waals surface area contributed by atoms with Gasteiger partial charge in [0.1, 0.15) is 5.54 Å². The van der Waals surface area contributed by atoms with E-state index in [1.807, 2.05) is 30.3 Å². The molecule has 0 atom stereocenters. The molecule has 7 heteroatoms. The number of likely N-dealkylation sites (N-methyl/N-ethyl adjacent to an activating group) is 1. The van der Waals surface area contributed by atoms with Gasteiger partial charge < -0.3 is 10.0 Å². The highest BCUT2D eigenvalue weighted by atomic mass is 16.4. The van der Waals surface area contributed by atoms with Crippen LogP contribution in [0, 0.1) is 6.92 Å². The highest BCUT2D eigenvalue weighted by Crippen LogP contribution is 2.18. The molecule has 7 nitrogen and oxygen atoms in total. The summed E-state index contributed by atoms with van der Waals surface area (Å²) in [6.45, 7) is 4.65. The minimum Gasteiger partial charge on any atom is -0.480 e. The fourth-order valence-corrected chi connectivity index (χ4v) is 1.90. The Morgan fingerprint density at radius 3 is 2.36 bits per heavy atom. The molecule has 2 rings (SSSR count). The standard InChI is InChI=1S/C15H18N4O3/c1-10-12(13(20)18(4)15(2,3)14(21)22)16-17-19(10)11-8-6-5-7-9-11/h5-9H,1-4H3,(H,21,22). The average Bonchev–Trinajstić information content (AvgIpc) is 2.88. The monoisotopic (exact) mass is 302 g/mol. The molecule has 2 aromatic rings. The van der Waals surface area contributed by atoms with E-state index in [1.54, 1.807) is 11.6 Å². The molecule has 22 heavy (non-hydrogen) atoms. The van der Waals surface area contributed by atoms with Crippen LogP contribution in [0.4, 0.5) is 0 Å². The number of hydrogen-bond donors (Lipinski definition) is 1. The second kappa shape index (κ2) is 5.59. The molecule has 1 N–H and O–H groups in total. The summed E-state index contributed by atoms with van der Waals surface area (Å²) < 4.78 is 1.55. The van der Waals surface area contributed by atoms with Gasteiger partial charge >= 0.3 is 5.97 Å². The number of aliphatic carboxylic acids is 1. The van der Waals surface area contributed by atoms with Crippen molar-refractivity contribution < 1.29 is 14.7 Å². The topological polar surface area (TPSA) is 88.3 Å². The number of rotatable bonds is 4. The van der Waals surface area contributed by atoms with Crippen LogP contribution in [0.25, 0.3) is 5.69 Å². The van der Waals surface area contributed by atoms with Crippen molar-refractivity contribution in [1.29, 1.82) is 0 Å². The molecule has 0 bridgehead atoms. The van der Waals surface area contributed by atoms with Crippen LogP contribution in [0.1, 0.15) is 30.0 Å². The molecule has 1 aromatic heterocycles. The van der Waals surface area contributed by atoms with Crippen molar-refractivity contribution >= 4 is 11.9 Å². The van der Waals surface area contributed by atoms with Gasteiger partial charge in [-0.25, -0.2) is 9.48 Å². The highest BCUT2D eigenvalue weighted by molar-refractivity contribution is 5.96. The number of carboxylic acids is 1. The predicted molar refractivity (Wildman–Crippen MR) is 79.9 cm³/mol. The minimum atomic E-state index is -1.33. The van der Waals surface area contributed by atoms with E-state index in [0.29, 0.717) is 5.69 Å². The summed E-state index contributed by atoms with van der Waals surface area (Å²) in [6, 6.07) is 9.29. The fraction of sp³-hybridized carbons (Fsp3) is 0.333. The number of amides is 1. The van der Waals surface area contributed by atoms with Crippen molar-refractivity contribution in [2.24, 2.45) is 0 Å². The summed E-state index contributed by atoms with van der Waals surface area (Å²) >= 11 is 0. The van der Waals surface area contributed by atoms with E-state index in [2.05, 4.69) is 10.3 Å². The first-order valence-corrected chi connectivity index (χ1v) is 6.76. The van der Waals surface area contributed by atoms with E-state index in [9.17, 15) is 14.7 Å². The minimum absolute atomic E-state index is 0.140. The van der Waals surface area contributed by atoms with Crippen molar-refractivity contribution in [1.82, 2.24) is 19.9 Å². The number of para-hydroxylation sites is 1. The molecular formula is C15H18N4O3. The van der Waals surface area contributed by atoms with E-state index in [-0.39, 0.29) is 5.69 Å². The van der Waals surface area contributed by atoms with Crippen LogP contribution in [-0.4, -0.2) is 49.5 Å². The third kappa shape index (κ3) is 2.57. The third-order valence-electron chi connectivity index (χ3n) is 3.76. The number of carboxylic acid groups (broad SMARTS) is 1. The van der Waals surface area contributed by atoms with Crippen LogP contribution in [0.2, 0.25) is 0 Å². The first kappa shape index (κ1) is 15.7. The van der Waals surface area contributed by atoms with Gasteiger partial charge in [0, 0.05) is 7.05 Å². The smallest absolute Gasteiger partial charge is 0.329 e. The molecule has 1 amide bonds. The molecule has 1 aromatic carbocycles. The van der Waals surface area contributed by atoms with E-state index in [1.165, 1.54) is 20.9 Å². The maximum Gasteiger partial charge on any atom is 0.329 e. The second-order valence-corrected chi connectivity index (χ2v) is 5.50. The van der Waals surface area contributed by atoms with Gasteiger partial charge in [-0.3, -0.25) is 4.79 Å². The van der Waals surface area contributed by atoms with Gasteiger partial charge in [0.15, 0.2) is 5.69 Å². The lowest BCUT2D eigenvalue weighted by Gasteiger charge is -2.30. The number of nitrogens with zero attached hydrogens (tertiary/aromatic N) is 4. The molecule has 0 fully saturated rings. The first-order chi connectivity index (χ1) is 10.3. The van der Waals surface area contributed by atoms with E-state index in [0.717, 1.165) is 10.6 Å². The SMILES string of the molecule is Cc1c(C(=O)N(C)C(C)(C)C(=O)O)nnn1-c1ccccc1. The lowest BCUT2D eigenvalue weighted by molar-refractivity contribution is -0.147. The summed E-state index contributed by atoms with van der Waals surface area (Å²) in [5.74, 6) is -1.57. The van der Waals surface area contributed by atoms with Crippen molar-refractivity contribution in [2.45, 2.75) is 26.3 Å². The zero-order valence-corrected chi connectivity index (χ0v) is 12.9. The average molecular weight is 302 g/mol. The van der Waals surface area contributed by atoms with Crippen LogP contribution in [0.5, 0.6) is 0 Å². The van der Waals surface area contributed by atoms with Crippen LogP contribution >= 0.6 is 0 Å². The Morgan fingerprint density at radius 1 is 1.23 bits per heavy atom. The molecule has 0 aliphatic rings. The fourth-order valence-electron chi connectivity index (χ4n) is 1.90. The maximum atomic E-state index is 12.5. The Bertz CT molecular complexity index is 707. The first-order valence-electron chi connectivity index (χ1n) is 6.76. The van der Waals surface area contributed by atoms with E-state index in [4.69, 9.17) is 0 Å². The summed E-state index contributed by atoms with van der Waals surface area (Å²) in [5.41, 5.74) is 0.150. The largest absolute Gasteiger partial charge is 0.480 e. The normalized spacial score (nSPS) is 11.3. The summed E-state index contributed by atoms with van der Waals surface area (Å²) in [6.07, 6.45) is 0. The van der Waals surface area contributed by atoms with Crippen molar-refractivity contribution in [3.8, 4) is 5.69 Å². The van der Waals surface area contributed by atoms with Gasteiger partial charge in [-0.05, 0) is 32.9 Å².